The summed E-state index contributed by atoms with van der Waals surface area (Å²) >= 11 is 0. The van der Waals surface area contributed by atoms with Gasteiger partial charge in [-0.3, -0.25) is 4.79 Å². The molecule has 0 unspecified atom stereocenters. The number of hydrogen-bond donors (Lipinski definition) is 3. The van der Waals surface area contributed by atoms with Crippen LogP contribution in [0.2, 0.25) is 0 Å². The first-order valence-electron chi connectivity index (χ1n) is 7.65. The Morgan fingerprint density at radius 3 is 2.42 bits per heavy atom. The zero-order valence-electron chi connectivity index (χ0n) is 13.6. The second-order valence-corrected chi connectivity index (χ2v) is 5.57. The second-order valence-electron chi connectivity index (χ2n) is 5.57. The van der Waals surface area contributed by atoms with Crippen molar-refractivity contribution in [3.8, 4) is 0 Å². The van der Waals surface area contributed by atoms with Crippen LogP contribution in [0.1, 0.15) is 29.8 Å². The van der Waals surface area contributed by atoms with Crippen molar-refractivity contribution >= 4 is 17.6 Å². The zero-order chi connectivity index (χ0) is 17.5. The van der Waals surface area contributed by atoms with Crippen molar-refractivity contribution in [2.75, 3.05) is 5.32 Å². The molecule has 3 amide bonds. The van der Waals surface area contributed by atoms with Gasteiger partial charge >= 0.3 is 6.03 Å². The number of benzene rings is 2. The largest absolute Gasteiger partial charge is 0.348 e. The Labute approximate surface area is 140 Å². The SMILES string of the molecule is CC(C)NC(=O)Nc1ccccc1C(=O)NCc1ccccc1F. The highest BCUT2D eigenvalue weighted by Crippen LogP contribution is 2.15. The van der Waals surface area contributed by atoms with Gasteiger partial charge in [0.05, 0.1) is 11.3 Å². The lowest BCUT2D eigenvalue weighted by Crippen LogP contribution is -2.35. The van der Waals surface area contributed by atoms with Crippen LogP contribution in [0.15, 0.2) is 48.5 Å². The molecule has 0 fully saturated rings. The van der Waals surface area contributed by atoms with Gasteiger partial charge in [-0.25, -0.2) is 9.18 Å². The van der Waals surface area contributed by atoms with Crippen molar-refractivity contribution in [1.82, 2.24) is 10.6 Å². The van der Waals surface area contributed by atoms with E-state index in [4.69, 9.17) is 0 Å². The number of urea groups is 1. The van der Waals surface area contributed by atoms with Crippen molar-refractivity contribution < 1.29 is 14.0 Å². The van der Waals surface area contributed by atoms with Crippen molar-refractivity contribution in [1.29, 1.82) is 0 Å². The molecule has 0 aliphatic rings. The molecule has 0 heterocycles. The lowest BCUT2D eigenvalue weighted by Gasteiger charge is -2.13. The first-order chi connectivity index (χ1) is 11.5. The maximum Gasteiger partial charge on any atom is 0.319 e. The lowest BCUT2D eigenvalue weighted by molar-refractivity contribution is 0.0951. The minimum absolute atomic E-state index is 0.0213. The van der Waals surface area contributed by atoms with E-state index in [0.29, 0.717) is 16.8 Å². The van der Waals surface area contributed by atoms with Crippen LogP contribution in [0.3, 0.4) is 0 Å². The fourth-order valence-electron chi connectivity index (χ4n) is 2.12. The maximum atomic E-state index is 13.6. The molecular formula is C18H20FN3O2. The number of rotatable bonds is 5. The molecule has 2 aromatic carbocycles. The molecule has 0 spiro atoms. The average molecular weight is 329 g/mol. The molecule has 3 N–H and O–H groups in total. The summed E-state index contributed by atoms with van der Waals surface area (Å²) < 4.78 is 13.6. The molecule has 0 bridgehead atoms. The number of amides is 3. The third-order valence-electron chi connectivity index (χ3n) is 3.24. The second kappa shape index (κ2) is 8.10. The predicted molar refractivity (Wildman–Crippen MR) is 91.3 cm³/mol. The highest BCUT2D eigenvalue weighted by atomic mass is 19.1. The number of carbonyl (C=O) groups excluding carboxylic acids is 2. The average Bonchev–Trinajstić information content (AvgIpc) is 2.53. The Balaban J connectivity index is 2.07. The van der Waals surface area contributed by atoms with Crippen LogP contribution in [0, 0.1) is 5.82 Å². The molecule has 0 saturated heterocycles. The van der Waals surface area contributed by atoms with Gasteiger partial charge in [-0.2, -0.15) is 0 Å². The van der Waals surface area contributed by atoms with Crippen LogP contribution >= 0.6 is 0 Å². The molecule has 6 heteroatoms. The highest BCUT2D eigenvalue weighted by molar-refractivity contribution is 6.03. The van der Waals surface area contributed by atoms with E-state index >= 15 is 0 Å². The minimum atomic E-state index is -0.390. The van der Waals surface area contributed by atoms with Crippen LogP contribution in [0.5, 0.6) is 0 Å². The van der Waals surface area contributed by atoms with Crippen LogP contribution < -0.4 is 16.0 Å². The molecule has 5 nitrogen and oxygen atoms in total. The van der Waals surface area contributed by atoms with Gasteiger partial charge in [0, 0.05) is 18.2 Å². The van der Waals surface area contributed by atoms with Crippen molar-refractivity contribution in [2.45, 2.75) is 26.4 Å². The molecule has 0 aliphatic carbocycles. The summed E-state index contributed by atoms with van der Waals surface area (Å²) in [6, 6.07) is 12.5. The third kappa shape index (κ3) is 4.81. The van der Waals surface area contributed by atoms with Crippen LogP contribution in [0.25, 0.3) is 0 Å². The Bertz CT molecular complexity index is 732. The van der Waals surface area contributed by atoms with Gasteiger partial charge in [-0.1, -0.05) is 30.3 Å². The Kier molecular flexibility index (Phi) is 5.89. The summed E-state index contributed by atoms with van der Waals surface area (Å²) in [5.41, 5.74) is 1.10. The molecule has 0 atom stereocenters. The van der Waals surface area contributed by atoms with E-state index in [2.05, 4.69) is 16.0 Å². The van der Waals surface area contributed by atoms with Crippen molar-refractivity contribution in [2.24, 2.45) is 0 Å². The normalized spacial score (nSPS) is 10.3. The highest BCUT2D eigenvalue weighted by Gasteiger charge is 2.13. The van der Waals surface area contributed by atoms with E-state index in [1.54, 1.807) is 42.5 Å². The van der Waals surface area contributed by atoms with Crippen molar-refractivity contribution in [3.63, 3.8) is 0 Å². The summed E-state index contributed by atoms with van der Waals surface area (Å²) in [7, 11) is 0. The molecule has 2 aromatic rings. The first kappa shape index (κ1) is 17.5. The first-order valence-corrected chi connectivity index (χ1v) is 7.65. The molecule has 24 heavy (non-hydrogen) atoms. The van der Waals surface area contributed by atoms with Gasteiger partial charge in [0.15, 0.2) is 0 Å². The predicted octanol–water partition coefficient (Wildman–Crippen LogP) is 3.29. The molecule has 0 saturated carbocycles. The standard InChI is InChI=1S/C18H20FN3O2/c1-12(2)21-18(24)22-16-10-6-4-8-14(16)17(23)20-11-13-7-3-5-9-15(13)19/h3-10,12H,11H2,1-2H3,(H,20,23)(H2,21,22,24). The van der Waals surface area contributed by atoms with E-state index in [9.17, 15) is 14.0 Å². The number of halogens is 1. The number of para-hydroxylation sites is 1. The van der Waals surface area contributed by atoms with Crippen LogP contribution in [-0.4, -0.2) is 18.0 Å². The summed E-state index contributed by atoms with van der Waals surface area (Å²) in [6.07, 6.45) is 0. The van der Waals surface area contributed by atoms with E-state index in [0.717, 1.165) is 0 Å². The van der Waals surface area contributed by atoms with Crippen LogP contribution in [-0.2, 0) is 6.54 Å². The summed E-state index contributed by atoms with van der Waals surface area (Å²) in [4.78, 5) is 24.2. The molecule has 0 aromatic heterocycles. The minimum Gasteiger partial charge on any atom is -0.348 e. The zero-order valence-corrected chi connectivity index (χ0v) is 13.6. The van der Waals surface area contributed by atoms with Gasteiger partial charge in [0.25, 0.3) is 5.91 Å². The van der Waals surface area contributed by atoms with Crippen LogP contribution in [0.4, 0.5) is 14.9 Å². The smallest absolute Gasteiger partial charge is 0.319 e. The molecule has 126 valence electrons. The van der Waals surface area contributed by atoms with Crippen molar-refractivity contribution in [3.05, 3.63) is 65.5 Å². The Morgan fingerprint density at radius 1 is 1.04 bits per heavy atom. The topological polar surface area (TPSA) is 70.2 Å². The number of anilines is 1. The Morgan fingerprint density at radius 2 is 1.71 bits per heavy atom. The third-order valence-corrected chi connectivity index (χ3v) is 3.24. The van der Waals surface area contributed by atoms with Gasteiger partial charge in [0.1, 0.15) is 5.82 Å². The summed E-state index contributed by atoms with van der Waals surface area (Å²) in [5.74, 6) is -0.765. The van der Waals surface area contributed by atoms with E-state index in [1.807, 2.05) is 13.8 Å². The fourth-order valence-corrected chi connectivity index (χ4v) is 2.12. The molecular weight excluding hydrogens is 309 g/mol. The summed E-state index contributed by atoms with van der Waals surface area (Å²) in [5, 5.41) is 8.00. The Hall–Kier alpha value is -2.89. The quantitative estimate of drug-likeness (QED) is 0.788. The van der Waals surface area contributed by atoms with E-state index in [1.165, 1.54) is 6.07 Å². The summed E-state index contributed by atoms with van der Waals surface area (Å²) in [6.45, 7) is 3.75. The lowest BCUT2D eigenvalue weighted by atomic mass is 10.1. The number of nitrogens with one attached hydrogen (secondary N) is 3. The maximum absolute atomic E-state index is 13.6. The fraction of sp³-hybridized carbons (Fsp3) is 0.222. The van der Waals surface area contributed by atoms with Gasteiger partial charge in [0.2, 0.25) is 0 Å². The number of carbonyl (C=O) groups is 2. The van der Waals surface area contributed by atoms with Gasteiger partial charge < -0.3 is 16.0 Å². The van der Waals surface area contributed by atoms with E-state index in [-0.39, 0.29) is 24.4 Å². The number of hydrogen-bond acceptors (Lipinski definition) is 2. The van der Waals surface area contributed by atoms with Gasteiger partial charge in [-0.05, 0) is 32.0 Å². The van der Waals surface area contributed by atoms with E-state index < -0.39 is 5.91 Å². The molecule has 2 rings (SSSR count). The van der Waals surface area contributed by atoms with Gasteiger partial charge in [-0.15, -0.1) is 0 Å². The monoisotopic (exact) mass is 329 g/mol. The molecule has 0 aliphatic heterocycles. The molecule has 0 radical (unpaired) electrons.